The second kappa shape index (κ2) is 3.20. The molecule has 64 valence electrons. The van der Waals surface area contributed by atoms with Crippen molar-refractivity contribution in [1.29, 1.82) is 0 Å². The Morgan fingerprint density at radius 1 is 1.67 bits per heavy atom. The third kappa shape index (κ3) is 1.33. The molecule has 0 spiro atoms. The number of carbonyl (C=O) groups excluding carboxylic acids is 1. The van der Waals surface area contributed by atoms with E-state index in [-0.39, 0.29) is 15.6 Å². The topological polar surface area (TPSA) is 60.2 Å². The van der Waals surface area contributed by atoms with Gasteiger partial charge in [-0.05, 0) is 6.92 Å². The summed E-state index contributed by atoms with van der Waals surface area (Å²) in [6.45, 7) is 1.56. The third-order valence-corrected chi connectivity index (χ3v) is 2.82. The number of rotatable bonds is 2. The second-order valence-corrected chi connectivity index (χ2v) is 3.69. The summed E-state index contributed by atoms with van der Waals surface area (Å²) >= 11 is 6.59. The number of hydrogen-bond donors (Lipinski definition) is 0. The summed E-state index contributed by atoms with van der Waals surface area (Å²) in [5, 5.41) is 10.3. The molecule has 0 N–H and O–H groups in total. The van der Waals surface area contributed by atoms with Gasteiger partial charge in [0.15, 0.2) is 6.29 Å². The maximum Gasteiger partial charge on any atom is 0.302 e. The van der Waals surface area contributed by atoms with Crippen molar-refractivity contribution in [2.24, 2.45) is 0 Å². The zero-order chi connectivity index (χ0) is 9.30. The normalized spacial score (nSPS) is 9.83. The molecular weight excluding hydrogens is 202 g/mol. The molecule has 0 aliphatic carbocycles. The van der Waals surface area contributed by atoms with E-state index in [0.29, 0.717) is 11.2 Å². The molecule has 0 fully saturated rings. The van der Waals surface area contributed by atoms with Crippen molar-refractivity contribution < 1.29 is 9.72 Å². The van der Waals surface area contributed by atoms with E-state index in [1.165, 1.54) is 0 Å². The average Bonchev–Trinajstić information content (AvgIpc) is 2.25. The Morgan fingerprint density at radius 2 is 2.25 bits per heavy atom. The zero-order valence-corrected chi connectivity index (χ0v) is 7.61. The number of aryl methyl sites for hydroxylation is 1. The zero-order valence-electron chi connectivity index (χ0n) is 6.04. The van der Waals surface area contributed by atoms with Crippen molar-refractivity contribution >= 4 is 34.9 Å². The van der Waals surface area contributed by atoms with Crippen molar-refractivity contribution in [3.63, 3.8) is 0 Å². The maximum absolute atomic E-state index is 10.4. The summed E-state index contributed by atoms with van der Waals surface area (Å²) < 4.78 is 0. The van der Waals surface area contributed by atoms with Crippen molar-refractivity contribution in [2.75, 3.05) is 0 Å². The lowest BCUT2D eigenvalue weighted by atomic mass is 10.4. The lowest BCUT2D eigenvalue weighted by molar-refractivity contribution is -0.384. The van der Waals surface area contributed by atoms with E-state index < -0.39 is 4.92 Å². The first-order valence-electron chi connectivity index (χ1n) is 2.96. The molecule has 0 aromatic carbocycles. The Labute approximate surface area is 76.9 Å². The van der Waals surface area contributed by atoms with Gasteiger partial charge in [-0.1, -0.05) is 11.6 Å². The minimum Gasteiger partial charge on any atom is -0.297 e. The SMILES string of the molecule is Cc1sc(C=O)c(Cl)c1[N+](=O)[O-]. The summed E-state index contributed by atoms with van der Waals surface area (Å²) in [4.78, 5) is 20.8. The number of nitrogens with zero attached hydrogens (tertiary/aromatic N) is 1. The monoisotopic (exact) mass is 205 g/mol. The van der Waals surface area contributed by atoms with Crippen LogP contribution >= 0.6 is 22.9 Å². The van der Waals surface area contributed by atoms with Crippen molar-refractivity contribution in [3.8, 4) is 0 Å². The van der Waals surface area contributed by atoms with Crippen LogP contribution in [0.4, 0.5) is 5.69 Å². The van der Waals surface area contributed by atoms with Crippen LogP contribution in [0.1, 0.15) is 14.5 Å². The van der Waals surface area contributed by atoms with Gasteiger partial charge in [0.05, 0.1) is 14.7 Å². The third-order valence-electron chi connectivity index (χ3n) is 1.31. The molecule has 1 rings (SSSR count). The molecule has 0 radical (unpaired) electrons. The summed E-state index contributed by atoms with van der Waals surface area (Å²) in [5.74, 6) is 0. The van der Waals surface area contributed by atoms with Crippen LogP contribution in [0.15, 0.2) is 0 Å². The van der Waals surface area contributed by atoms with Gasteiger partial charge in [0.25, 0.3) is 0 Å². The molecule has 6 heteroatoms. The number of thiophene rings is 1. The smallest absolute Gasteiger partial charge is 0.297 e. The van der Waals surface area contributed by atoms with E-state index in [9.17, 15) is 14.9 Å². The Morgan fingerprint density at radius 3 is 2.50 bits per heavy atom. The molecule has 12 heavy (non-hydrogen) atoms. The average molecular weight is 206 g/mol. The molecule has 0 amide bonds. The van der Waals surface area contributed by atoms with Crippen LogP contribution in [0.3, 0.4) is 0 Å². The van der Waals surface area contributed by atoms with Crippen molar-refractivity contribution in [3.05, 3.63) is 24.9 Å². The number of halogens is 1. The standard InChI is InChI=1S/C6H4ClNO3S/c1-3-6(8(10)11)5(7)4(2-9)12-3/h2H,1H3. The summed E-state index contributed by atoms with van der Waals surface area (Å²) in [6.07, 6.45) is 0.521. The molecular formula is C6H4ClNO3S. The number of hydrogen-bond acceptors (Lipinski definition) is 4. The van der Waals surface area contributed by atoms with Crippen molar-refractivity contribution in [1.82, 2.24) is 0 Å². The first-order valence-corrected chi connectivity index (χ1v) is 4.15. The number of aldehydes is 1. The fraction of sp³-hybridized carbons (Fsp3) is 0.167. The Hall–Kier alpha value is -0.940. The molecule has 0 aliphatic heterocycles. The summed E-state index contributed by atoms with van der Waals surface area (Å²) in [6, 6.07) is 0. The molecule has 0 bridgehead atoms. The molecule has 0 atom stereocenters. The van der Waals surface area contributed by atoms with Gasteiger partial charge in [0.2, 0.25) is 0 Å². The van der Waals surface area contributed by atoms with Crippen LogP contribution in [0, 0.1) is 17.0 Å². The highest BCUT2D eigenvalue weighted by Crippen LogP contribution is 2.37. The minimum absolute atomic E-state index is 0.0579. The Balaban J connectivity index is 3.37. The predicted octanol–water partition coefficient (Wildman–Crippen LogP) is 2.43. The highest BCUT2D eigenvalue weighted by Gasteiger charge is 2.22. The molecule has 0 aliphatic rings. The predicted molar refractivity (Wildman–Crippen MR) is 46.1 cm³/mol. The highest BCUT2D eigenvalue weighted by molar-refractivity contribution is 7.14. The molecule has 1 aromatic heterocycles. The van der Waals surface area contributed by atoms with Crippen LogP contribution < -0.4 is 0 Å². The molecule has 1 heterocycles. The Kier molecular flexibility index (Phi) is 2.44. The van der Waals surface area contributed by atoms with Gasteiger partial charge in [-0.3, -0.25) is 14.9 Å². The first-order chi connectivity index (χ1) is 5.57. The molecule has 0 unspecified atom stereocenters. The number of carbonyl (C=O) groups is 1. The second-order valence-electron chi connectivity index (χ2n) is 2.06. The van der Waals surface area contributed by atoms with E-state index in [1.54, 1.807) is 6.92 Å². The van der Waals surface area contributed by atoms with Gasteiger partial charge in [-0.15, -0.1) is 11.3 Å². The molecule has 0 saturated carbocycles. The van der Waals surface area contributed by atoms with Crippen LogP contribution in [0.2, 0.25) is 5.02 Å². The lowest BCUT2D eigenvalue weighted by Gasteiger charge is -1.87. The van der Waals surface area contributed by atoms with E-state index in [2.05, 4.69) is 0 Å². The highest BCUT2D eigenvalue weighted by atomic mass is 35.5. The summed E-state index contributed by atoms with van der Waals surface area (Å²) in [7, 11) is 0. The molecule has 4 nitrogen and oxygen atoms in total. The molecule has 1 aromatic rings. The first kappa shape index (κ1) is 9.15. The number of nitro groups is 1. The van der Waals surface area contributed by atoms with Crippen LogP contribution in [0.25, 0.3) is 0 Å². The van der Waals surface area contributed by atoms with E-state index >= 15 is 0 Å². The van der Waals surface area contributed by atoms with Gasteiger partial charge in [-0.2, -0.15) is 0 Å². The van der Waals surface area contributed by atoms with E-state index in [0.717, 1.165) is 11.3 Å². The van der Waals surface area contributed by atoms with Crippen molar-refractivity contribution in [2.45, 2.75) is 6.92 Å². The van der Waals surface area contributed by atoms with Gasteiger partial charge >= 0.3 is 5.69 Å². The lowest BCUT2D eigenvalue weighted by Crippen LogP contribution is -1.87. The minimum atomic E-state index is -0.582. The van der Waals surface area contributed by atoms with Gasteiger partial charge < -0.3 is 0 Å². The van der Waals surface area contributed by atoms with Gasteiger partial charge in [-0.25, -0.2) is 0 Å². The van der Waals surface area contributed by atoms with Gasteiger partial charge in [0.1, 0.15) is 5.02 Å². The van der Waals surface area contributed by atoms with Gasteiger partial charge in [0, 0.05) is 0 Å². The largest absolute Gasteiger partial charge is 0.302 e. The van der Waals surface area contributed by atoms with Crippen LogP contribution in [-0.4, -0.2) is 11.2 Å². The van der Waals surface area contributed by atoms with E-state index in [4.69, 9.17) is 11.6 Å². The quantitative estimate of drug-likeness (QED) is 0.423. The fourth-order valence-electron chi connectivity index (χ4n) is 0.814. The van der Waals surface area contributed by atoms with E-state index in [1.807, 2.05) is 0 Å². The fourth-order valence-corrected chi connectivity index (χ4v) is 2.08. The molecule has 0 saturated heterocycles. The van der Waals surface area contributed by atoms with Crippen LogP contribution in [0.5, 0.6) is 0 Å². The van der Waals surface area contributed by atoms with Crippen LogP contribution in [-0.2, 0) is 0 Å². The Bertz CT molecular complexity index is 347. The summed E-state index contributed by atoms with van der Waals surface area (Å²) in [5.41, 5.74) is -0.163. The maximum atomic E-state index is 10.4.